The molecule has 2 aromatic rings. The molecule has 0 aromatic heterocycles. The van der Waals surface area contributed by atoms with Gasteiger partial charge in [0.05, 0.1) is 12.2 Å². The number of nitrogens with one attached hydrogen (secondary N) is 1. The summed E-state index contributed by atoms with van der Waals surface area (Å²) in [5.41, 5.74) is 3.17. The lowest BCUT2D eigenvalue weighted by molar-refractivity contribution is -0.121. The minimum absolute atomic E-state index is 0.00751. The topological polar surface area (TPSA) is 104 Å². The van der Waals surface area contributed by atoms with Gasteiger partial charge in [-0.3, -0.25) is 14.1 Å². The van der Waals surface area contributed by atoms with E-state index in [-0.39, 0.29) is 25.3 Å². The Bertz CT molecular complexity index is 1150. The molecule has 1 unspecified atom stereocenters. The summed E-state index contributed by atoms with van der Waals surface area (Å²) in [6.07, 6.45) is 0.398. The van der Waals surface area contributed by atoms with E-state index in [0.29, 0.717) is 18.7 Å². The fourth-order valence-corrected chi connectivity index (χ4v) is 4.31. The van der Waals surface area contributed by atoms with E-state index in [4.69, 9.17) is 0 Å². The smallest absolute Gasteiger partial charge is 0.276 e. The Hall–Kier alpha value is -3.15. The first-order valence-corrected chi connectivity index (χ1v) is 11.5. The molecule has 0 saturated carbocycles. The van der Waals surface area contributed by atoms with Gasteiger partial charge in [-0.1, -0.05) is 55.5 Å². The number of amides is 2. The minimum Gasteiger partial charge on any atom is -0.354 e. The van der Waals surface area contributed by atoms with Crippen LogP contribution in [-0.2, 0) is 26.3 Å². The molecule has 7 nitrogen and oxygen atoms in total. The minimum atomic E-state index is -4.50. The van der Waals surface area contributed by atoms with Gasteiger partial charge in [0.25, 0.3) is 10.1 Å². The largest absolute Gasteiger partial charge is 0.354 e. The van der Waals surface area contributed by atoms with E-state index in [9.17, 15) is 22.6 Å². The number of anilines is 1. The number of fused-ring (bicyclic) bond motifs is 2. The van der Waals surface area contributed by atoms with Crippen molar-refractivity contribution in [3.63, 3.8) is 0 Å². The summed E-state index contributed by atoms with van der Waals surface area (Å²) in [4.78, 5) is 26.9. The molecule has 31 heavy (non-hydrogen) atoms. The third-order valence-electron chi connectivity index (χ3n) is 5.01. The fourth-order valence-electron chi connectivity index (χ4n) is 3.43. The number of carbonyl (C=O) groups is 2. The molecule has 1 aliphatic heterocycles. The van der Waals surface area contributed by atoms with Crippen LogP contribution in [0.1, 0.15) is 42.9 Å². The lowest BCUT2D eigenvalue weighted by Gasteiger charge is -2.26. The molecule has 1 atom stereocenters. The zero-order chi connectivity index (χ0) is 22.4. The number of hydrogen-bond acceptors (Lipinski definition) is 4. The number of carbonyl (C=O) groups excluding carboxylic acids is 2. The highest BCUT2D eigenvalue weighted by Crippen LogP contribution is 2.25. The summed E-state index contributed by atoms with van der Waals surface area (Å²) >= 11 is 0. The van der Waals surface area contributed by atoms with E-state index in [0.717, 1.165) is 16.7 Å². The van der Waals surface area contributed by atoms with Crippen molar-refractivity contribution in [2.45, 2.75) is 38.0 Å². The van der Waals surface area contributed by atoms with Crippen molar-refractivity contribution in [3.8, 4) is 11.8 Å². The molecule has 2 amide bonds. The lowest BCUT2D eigenvalue weighted by Crippen LogP contribution is -2.41. The molecule has 0 spiro atoms. The molecule has 8 heteroatoms. The van der Waals surface area contributed by atoms with Crippen LogP contribution in [0.4, 0.5) is 5.69 Å². The fraction of sp³-hybridized carbons (Fsp3) is 0.304. The Morgan fingerprint density at radius 2 is 1.74 bits per heavy atom. The van der Waals surface area contributed by atoms with Crippen LogP contribution in [0.2, 0.25) is 0 Å². The molecule has 0 radical (unpaired) electrons. The second kappa shape index (κ2) is 9.77. The monoisotopic (exact) mass is 440 g/mol. The molecular weight excluding hydrogens is 416 g/mol. The molecule has 1 aliphatic rings. The van der Waals surface area contributed by atoms with Gasteiger partial charge < -0.3 is 10.2 Å². The quantitative estimate of drug-likeness (QED) is 0.509. The van der Waals surface area contributed by atoms with E-state index in [1.165, 1.54) is 0 Å². The number of nitrogens with zero attached hydrogens (tertiary/aromatic N) is 1. The molecule has 2 aromatic carbocycles. The zero-order valence-corrected chi connectivity index (χ0v) is 18.0. The van der Waals surface area contributed by atoms with Crippen LogP contribution in [0.5, 0.6) is 0 Å². The Kier molecular flexibility index (Phi) is 7.10. The highest BCUT2D eigenvalue weighted by molar-refractivity contribution is 7.87. The predicted molar refractivity (Wildman–Crippen MR) is 118 cm³/mol. The average molecular weight is 441 g/mol. The number of para-hydroxylation sites is 1. The second-order valence-electron chi connectivity index (χ2n) is 7.24. The van der Waals surface area contributed by atoms with Crippen LogP contribution in [-0.4, -0.2) is 36.6 Å². The molecule has 3 rings (SSSR count). The van der Waals surface area contributed by atoms with Crippen molar-refractivity contribution in [3.05, 3.63) is 65.2 Å². The average Bonchev–Trinajstić information content (AvgIpc) is 2.72. The Balaban J connectivity index is 1.76. The normalized spacial score (nSPS) is 13.5. The van der Waals surface area contributed by atoms with Crippen LogP contribution in [0, 0.1) is 11.8 Å². The first kappa shape index (κ1) is 22.5. The van der Waals surface area contributed by atoms with Crippen molar-refractivity contribution in [2.75, 3.05) is 11.4 Å². The van der Waals surface area contributed by atoms with Crippen LogP contribution in [0.15, 0.2) is 48.5 Å². The zero-order valence-electron chi connectivity index (χ0n) is 17.2. The van der Waals surface area contributed by atoms with Gasteiger partial charge in [-0.25, -0.2) is 0 Å². The molecule has 0 bridgehead atoms. The number of benzene rings is 2. The van der Waals surface area contributed by atoms with Gasteiger partial charge in [0.1, 0.15) is 0 Å². The summed E-state index contributed by atoms with van der Waals surface area (Å²) in [6.45, 7) is 2.01. The Morgan fingerprint density at radius 3 is 2.45 bits per heavy atom. The van der Waals surface area contributed by atoms with Crippen LogP contribution < -0.4 is 10.2 Å². The van der Waals surface area contributed by atoms with Gasteiger partial charge >= 0.3 is 0 Å². The first-order chi connectivity index (χ1) is 14.8. The highest BCUT2D eigenvalue weighted by Gasteiger charge is 2.30. The molecule has 0 aliphatic carbocycles. The molecule has 1 heterocycles. The van der Waals surface area contributed by atoms with E-state index >= 15 is 0 Å². The summed E-state index contributed by atoms with van der Waals surface area (Å²) in [5.74, 6) is 5.23. The van der Waals surface area contributed by atoms with E-state index < -0.39 is 21.3 Å². The third-order valence-corrected chi connectivity index (χ3v) is 6.18. The molecule has 2 N–H and O–H groups in total. The van der Waals surface area contributed by atoms with Gasteiger partial charge in [0.15, 0.2) is 5.25 Å². The molecule has 162 valence electrons. The summed E-state index contributed by atoms with van der Waals surface area (Å²) in [6, 6.07) is 15.0. The molecule has 0 saturated heterocycles. The maximum Gasteiger partial charge on any atom is 0.276 e. The maximum absolute atomic E-state index is 13.1. The summed E-state index contributed by atoms with van der Waals surface area (Å²) < 4.78 is 32.2. The Morgan fingerprint density at radius 1 is 1.10 bits per heavy atom. The van der Waals surface area contributed by atoms with Crippen LogP contribution in [0.25, 0.3) is 0 Å². The van der Waals surface area contributed by atoms with Crippen molar-refractivity contribution >= 4 is 27.6 Å². The van der Waals surface area contributed by atoms with Gasteiger partial charge in [-0.15, -0.1) is 0 Å². The number of hydrogen-bond donors (Lipinski definition) is 2. The SMILES string of the molecule is CCCC(C(=O)NCCC(=O)N1Cc2ccccc2C#Cc2ccccc21)S(=O)(=O)O. The van der Waals surface area contributed by atoms with Crippen LogP contribution in [0.3, 0.4) is 0 Å². The second-order valence-corrected chi connectivity index (χ2v) is 8.84. The van der Waals surface area contributed by atoms with Crippen LogP contribution >= 0.6 is 0 Å². The molecular formula is C23H24N2O5S. The van der Waals surface area contributed by atoms with Gasteiger partial charge in [-0.2, -0.15) is 8.42 Å². The summed E-state index contributed by atoms with van der Waals surface area (Å²) in [5, 5.41) is 0.931. The van der Waals surface area contributed by atoms with E-state index in [1.807, 2.05) is 48.5 Å². The third kappa shape index (κ3) is 5.51. The standard InChI is InChI=1S/C23H24N2O5S/c1-2-7-21(31(28,29)30)23(27)24-15-14-22(26)25-16-19-10-4-3-8-17(19)12-13-18-9-5-6-11-20(18)25/h3-6,8-11,21H,2,7,14-16H2,1H3,(H,24,27)(H,28,29,30). The van der Waals surface area contributed by atoms with Gasteiger partial charge in [0, 0.05) is 24.1 Å². The Labute approximate surface area is 182 Å². The maximum atomic E-state index is 13.1. The van der Waals surface area contributed by atoms with Crippen molar-refractivity contribution in [1.29, 1.82) is 0 Å². The van der Waals surface area contributed by atoms with Crippen molar-refractivity contribution in [1.82, 2.24) is 5.32 Å². The first-order valence-electron chi connectivity index (χ1n) is 10.0. The van der Waals surface area contributed by atoms with Crippen molar-refractivity contribution in [2.24, 2.45) is 0 Å². The van der Waals surface area contributed by atoms with Gasteiger partial charge in [0.2, 0.25) is 11.8 Å². The number of rotatable bonds is 7. The van der Waals surface area contributed by atoms with E-state index in [2.05, 4.69) is 17.2 Å². The van der Waals surface area contributed by atoms with E-state index in [1.54, 1.807) is 11.8 Å². The summed E-state index contributed by atoms with van der Waals surface area (Å²) in [7, 11) is -4.50. The lowest BCUT2D eigenvalue weighted by atomic mass is 10.0. The molecule has 0 fully saturated rings. The predicted octanol–water partition coefficient (Wildman–Crippen LogP) is 2.50. The highest BCUT2D eigenvalue weighted by atomic mass is 32.2. The van der Waals surface area contributed by atoms with Gasteiger partial charge in [-0.05, 0) is 30.2 Å². The van der Waals surface area contributed by atoms with Crippen molar-refractivity contribution < 1.29 is 22.6 Å².